The van der Waals surface area contributed by atoms with Gasteiger partial charge in [-0.25, -0.2) is 13.2 Å². The number of hydrogen-bond donors (Lipinski definition) is 1. The van der Waals surface area contributed by atoms with Crippen LogP contribution >= 0.6 is 0 Å². The van der Waals surface area contributed by atoms with E-state index in [-0.39, 0.29) is 16.4 Å². The summed E-state index contributed by atoms with van der Waals surface area (Å²) >= 11 is 0. The van der Waals surface area contributed by atoms with Crippen LogP contribution in [0.3, 0.4) is 0 Å². The number of carbonyl (C=O) groups excluding carboxylic acids is 2. The normalized spacial score (nSPS) is 12.6. The maximum atomic E-state index is 12.2. The van der Waals surface area contributed by atoms with Crippen LogP contribution in [0.5, 0.6) is 0 Å². The molecule has 0 saturated carbocycles. The highest BCUT2D eigenvalue weighted by Gasteiger charge is 2.22. The molecule has 23 heavy (non-hydrogen) atoms. The molecule has 0 saturated heterocycles. The summed E-state index contributed by atoms with van der Waals surface area (Å²) in [6.45, 7) is 1.32. The number of carbonyl (C=O) groups is 2. The van der Waals surface area contributed by atoms with Crippen molar-refractivity contribution >= 4 is 21.7 Å². The molecule has 1 amide bonds. The van der Waals surface area contributed by atoms with Crippen molar-refractivity contribution in [2.24, 2.45) is 5.73 Å². The van der Waals surface area contributed by atoms with Gasteiger partial charge in [0.15, 0.2) is 15.9 Å². The highest BCUT2D eigenvalue weighted by molar-refractivity contribution is 7.90. The number of esters is 1. The van der Waals surface area contributed by atoms with E-state index in [0.29, 0.717) is 0 Å². The number of sulfone groups is 1. The van der Waals surface area contributed by atoms with Gasteiger partial charge in [-0.3, -0.25) is 4.79 Å². The maximum absolute atomic E-state index is 12.2. The van der Waals surface area contributed by atoms with Crippen molar-refractivity contribution in [3.8, 4) is 0 Å². The number of amides is 1. The van der Waals surface area contributed by atoms with Crippen LogP contribution in [0.2, 0.25) is 0 Å². The molecule has 1 atom stereocenters. The van der Waals surface area contributed by atoms with E-state index < -0.39 is 33.6 Å². The standard InChI is InChI=1S/C15H15NO6S/c1-10(14(16)17)21-15(18)13-8-7-11(22-13)9-23(19,20)12-5-3-2-4-6-12/h2-8,10H,9H2,1H3,(H2,16,17). The molecular formula is C15H15NO6S. The van der Waals surface area contributed by atoms with Gasteiger partial charge in [0.05, 0.1) is 4.90 Å². The molecule has 1 aromatic heterocycles. The number of hydrogen-bond acceptors (Lipinski definition) is 6. The summed E-state index contributed by atoms with van der Waals surface area (Å²) in [4.78, 5) is 22.7. The van der Waals surface area contributed by atoms with Gasteiger partial charge in [0.1, 0.15) is 11.5 Å². The monoisotopic (exact) mass is 337 g/mol. The van der Waals surface area contributed by atoms with E-state index >= 15 is 0 Å². The van der Waals surface area contributed by atoms with Crippen molar-refractivity contribution in [2.45, 2.75) is 23.7 Å². The molecule has 2 aromatic rings. The lowest BCUT2D eigenvalue weighted by atomic mass is 10.4. The summed E-state index contributed by atoms with van der Waals surface area (Å²) in [7, 11) is -3.58. The zero-order valence-electron chi connectivity index (χ0n) is 12.3. The Labute approximate surface area is 133 Å². The zero-order chi connectivity index (χ0) is 17.0. The Kier molecular flexibility index (Phi) is 4.85. The van der Waals surface area contributed by atoms with E-state index in [0.717, 1.165) is 0 Å². The van der Waals surface area contributed by atoms with Gasteiger partial charge in [0.2, 0.25) is 5.76 Å². The van der Waals surface area contributed by atoms with Crippen LogP contribution < -0.4 is 5.73 Å². The molecule has 1 heterocycles. The molecule has 2 N–H and O–H groups in total. The van der Waals surface area contributed by atoms with Crippen LogP contribution in [0, 0.1) is 0 Å². The molecule has 7 nitrogen and oxygen atoms in total. The Morgan fingerprint density at radius 1 is 1.17 bits per heavy atom. The Morgan fingerprint density at radius 3 is 2.43 bits per heavy atom. The molecule has 0 spiro atoms. The number of rotatable bonds is 6. The van der Waals surface area contributed by atoms with Crippen LogP contribution in [0.4, 0.5) is 0 Å². The van der Waals surface area contributed by atoms with E-state index in [2.05, 4.69) is 0 Å². The second-order valence-electron chi connectivity index (χ2n) is 4.79. The molecule has 8 heteroatoms. The van der Waals surface area contributed by atoms with E-state index in [1.165, 1.54) is 31.2 Å². The predicted octanol–water partition coefficient (Wildman–Crippen LogP) is 1.28. The minimum Gasteiger partial charge on any atom is -0.453 e. The first-order chi connectivity index (χ1) is 10.8. The second-order valence-corrected chi connectivity index (χ2v) is 6.78. The lowest BCUT2D eigenvalue weighted by Crippen LogP contribution is -2.30. The third-order valence-corrected chi connectivity index (χ3v) is 4.64. The van der Waals surface area contributed by atoms with E-state index in [4.69, 9.17) is 14.9 Å². The molecule has 0 aliphatic rings. The van der Waals surface area contributed by atoms with Gasteiger partial charge in [-0.05, 0) is 31.2 Å². The van der Waals surface area contributed by atoms with E-state index in [1.54, 1.807) is 18.2 Å². The van der Waals surface area contributed by atoms with Crippen molar-refractivity contribution in [3.05, 3.63) is 54.0 Å². The minimum absolute atomic E-state index is 0.0903. The van der Waals surface area contributed by atoms with Crippen molar-refractivity contribution in [1.29, 1.82) is 0 Å². The first-order valence-electron chi connectivity index (χ1n) is 6.66. The molecule has 0 radical (unpaired) electrons. The SMILES string of the molecule is CC(OC(=O)c1ccc(CS(=O)(=O)c2ccccc2)o1)C(N)=O. The Morgan fingerprint density at radius 2 is 1.83 bits per heavy atom. The van der Waals surface area contributed by atoms with Crippen LogP contribution in [0.25, 0.3) is 0 Å². The summed E-state index contributed by atoms with van der Waals surface area (Å²) < 4.78 is 34.4. The first kappa shape index (κ1) is 16.8. The lowest BCUT2D eigenvalue weighted by molar-refractivity contribution is -0.125. The van der Waals surface area contributed by atoms with Crippen LogP contribution in [0.1, 0.15) is 23.2 Å². The molecule has 0 fully saturated rings. The zero-order valence-corrected chi connectivity index (χ0v) is 13.1. The molecule has 0 bridgehead atoms. The lowest BCUT2D eigenvalue weighted by Gasteiger charge is -2.07. The van der Waals surface area contributed by atoms with Crippen LogP contribution in [-0.4, -0.2) is 26.4 Å². The smallest absolute Gasteiger partial charge is 0.375 e. The Hall–Kier alpha value is -2.61. The predicted molar refractivity (Wildman–Crippen MR) is 80.1 cm³/mol. The summed E-state index contributed by atoms with van der Waals surface area (Å²) in [6.07, 6.45) is -1.11. The fraction of sp³-hybridized carbons (Fsp3) is 0.200. The number of furan rings is 1. The van der Waals surface area contributed by atoms with E-state index in [1.807, 2.05) is 0 Å². The average molecular weight is 337 g/mol. The van der Waals surface area contributed by atoms with Gasteiger partial charge >= 0.3 is 5.97 Å². The fourth-order valence-electron chi connectivity index (χ4n) is 1.74. The largest absolute Gasteiger partial charge is 0.453 e. The third kappa shape index (κ3) is 4.19. The van der Waals surface area contributed by atoms with Gasteiger partial charge in [0.25, 0.3) is 5.91 Å². The second kappa shape index (κ2) is 6.66. The number of benzene rings is 1. The van der Waals surface area contributed by atoms with Gasteiger partial charge < -0.3 is 14.9 Å². The fourth-order valence-corrected chi connectivity index (χ4v) is 3.01. The third-order valence-electron chi connectivity index (χ3n) is 2.98. The molecule has 122 valence electrons. The van der Waals surface area contributed by atoms with E-state index in [9.17, 15) is 18.0 Å². The highest BCUT2D eigenvalue weighted by atomic mass is 32.2. The van der Waals surface area contributed by atoms with Gasteiger partial charge in [-0.2, -0.15) is 0 Å². The molecule has 1 aromatic carbocycles. The summed E-state index contributed by atoms with van der Waals surface area (Å²) in [5.74, 6) is -2.18. The molecular weight excluding hydrogens is 322 g/mol. The van der Waals surface area contributed by atoms with Crippen molar-refractivity contribution < 1.29 is 27.2 Å². The Balaban J connectivity index is 2.11. The van der Waals surface area contributed by atoms with Crippen molar-refractivity contribution in [1.82, 2.24) is 0 Å². The van der Waals surface area contributed by atoms with Crippen molar-refractivity contribution in [3.63, 3.8) is 0 Å². The first-order valence-corrected chi connectivity index (χ1v) is 8.31. The van der Waals surface area contributed by atoms with Crippen molar-refractivity contribution in [2.75, 3.05) is 0 Å². The summed E-state index contributed by atoms with van der Waals surface area (Å²) in [5.41, 5.74) is 4.99. The van der Waals surface area contributed by atoms with Gasteiger partial charge in [-0.1, -0.05) is 18.2 Å². The highest BCUT2D eigenvalue weighted by Crippen LogP contribution is 2.18. The molecule has 1 unspecified atom stereocenters. The number of ether oxygens (including phenoxy) is 1. The summed E-state index contributed by atoms with van der Waals surface area (Å²) in [5, 5.41) is 0. The maximum Gasteiger partial charge on any atom is 0.375 e. The van der Waals surface area contributed by atoms with Crippen LogP contribution in [0.15, 0.2) is 51.8 Å². The topological polar surface area (TPSA) is 117 Å². The average Bonchev–Trinajstić information content (AvgIpc) is 2.96. The molecule has 0 aliphatic carbocycles. The Bertz CT molecular complexity index is 810. The van der Waals surface area contributed by atoms with Gasteiger partial charge in [0, 0.05) is 0 Å². The minimum atomic E-state index is -3.58. The summed E-state index contributed by atoms with van der Waals surface area (Å²) in [6, 6.07) is 10.5. The molecule has 0 aliphatic heterocycles. The number of primary amides is 1. The van der Waals surface area contributed by atoms with Crippen LogP contribution in [-0.2, 0) is 25.1 Å². The van der Waals surface area contributed by atoms with Gasteiger partial charge in [-0.15, -0.1) is 0 Å². The quantitative estimate of drug-likeness (QED) is 0.794. The number of nitrogens with two attached hydrogens (primary N) is 1. The molecule has 2 rings (SSSR count).